The van der Waals surface area contributed by atoms with Gasteiger partial charge in [-0.05, 0) is 43.6 Å². The van der Waals surface area contributed by atoms with E-state index >= 15 is 0 Å². The van der Waals surface area contributed by atoms with Gasteiger partial charge in [0.05, 0.1) is 0 Å². The van der Waals surface area contributed by atoms with Gasteiger partial charge >= 0.3 is 0 Å². The topological polar surface area (TPSA) is 12.0 Å². The van der Waals surface area contributed by atoms with Gasteiger partial charge in [0.15, 0.2) is 0 Å². The molecule has 94 valence electrons. The smallest absolute Gasteiger partial charge is 0.0328 e. The van der Waals surface area contributed by atoms with Crippen molar-refractivity contribution in [2.75, 3.05) is 12.0 Å². The molecule has 0 fully saturated rings. The molecule has 0 saturated carbocycles. The predicted octanol–water partition coefficient (Wildman–Crippen LogP) is 3.71. The molecule has 1 aliphatic rings. The first-order valence-corrected chi connectivity index (χ1v) is 7.98. The second kappa shape index (κ2) is 5.92. The Labute approximate surface area is 109 Å². The average Bonchev–Trinajstić information content (AvgIpc) is 2.71. The maximum absolute atomic E-state index is 3.83. The fraction of sp³-hybridized carbons (Fsp3) is 0.600. The van der Waals surface area contributed by atoms with Gasteiger partial charge in [-0.25, -0.2) is 0 Å². The Morgan fingerprint density at radius 2 is 2.29 bits per heavy atom. The van der Waals surface area contributed by atoms with Gasteiger partial charge in [-0.15, -0.1) is 0 Å². The summed E-state index contributed by atoms with van der Waals surface area (Å²) >= 11 is 1.94. The third-order valence-electron chi connectivity index (χ3n) is 3.68. The Morgan fingerprint density at radius 3 is 3.00 bits per heavy atom. The second-order valence-corrected chi connectivity index (χ2v) is 5.93. The van der Waals surface area contributed by atoms with Crippen molar-refractivity contribution < 1.29 is 0 Å². The van der Waals surface area contributed by atoms with Gasteiger partial charge in [0.25, 0.3) is 0 Å². The van der Waals surface area contributed by atoms with Crippen LogP contribution in [0.2, 0.25) is 0 Å². The number of thioether (sulfide) groups is 1. The van der Waals surface area contributed by atoms with Gasteiger partial charge in [0.2, 0.25) is 0 Å². The van der Waals surface area contributed by atoms with Crippen LogP contribution in [0.4, 0.5) is 0 Å². The summed E-state index contributed by atoms with van der Waals surface area (Å²) in [5, 5.41) is 3.83. The summed E-state index contributed by atoms with van der Waals surface area (Å²) in [7, 11) is 0. The van der Waals surface area contributed by atoms with Crippen LogP contribution in [0.1, 0.15) is 42.5 Å². The Hall–Kier alpha value is -0.470. The number of nitrogens with one attached hydrogen (secondary N) is 1. The number of hydrogen-bond donors (Lipinski definition) is 1. The monoisotopic (exact) mass is 249 g/mol. The molecular formula is C15H23NS. The first kappa shape index (κ1) is 13.0. The van der Waals surface area contributed by atoms with E-state index in [-0.39, 0.29) is 0 Å². The van der Waals surface area contributed by atoms with Gasteiger partial charge in [0.1, 0.15) is 0 Å². The maximum atomic E-state index is 3.83. The van der Waals surface area contributed by atoms with E-state index in [2.05, 4.69) is 43.6 Å². The van der Waals surface area contributed by atoms with Crippen molar-refractivity contribution in [3.8, 4) is 0 Å². The average molecular weight is 249 g/mol. The number of fused-ring (bicyclic) bond motifs is 1. The summed E-state index contributed by atoms with van der Waals surface area (Å²) < 4.78 is 0. The molecule has 0 aromatic heterocycles. The van der Waals surface area contributed by atoms with Crippen molar-refractivity contribution >= 4 is 11.8 Å². The molecule has 1 aliphatic carbocycles. The molecule has 1 aromatic rings. The molecule has 0 heterocycles. The Balaban J connectivity index is 2.08. The fourth-order valence-electron chi connectivity index (χ4n) is 2.66. The number of benzene rings is 1. The van der Waals surface area contributed by atoms with E-state index in [0.29, 0.717) is 12.1 Å². The van der Waals surface area contributed by atoms with E-state index in [1.807, 2.05) is 11.8 Å². The van der Waals surface area contributed by atoms with E-state index in [0.717, 1.165) is 0 Å². The summed E-state index contributed by atoms with van der Waals surface area (Å²) in [5.41, 5.74) is 4.48. The molecule has 17 heavy (non-hydrogen) atoms. The van der Waals surface area contributed by atoms with Crippen molar-refractivity contribution in [2.24, 2.45) is 0 Å². The molecule has 1 N–H and O–H groups in total. The lowest BCUT2D eigenvalue weighted by Crippen LogP contribution is -2.33. The lowest BCUT2D eigenvalue weighted by atomic mass is 10.0. The molecule has 0 bridgehead atoms. The van der Waals surface area contributed by atoms with Crippen LogP contribution in [0.5, 0.6) is 0 Å². The molecule has 0 saturated heterocycles. The van der Waals surface area contributed by atoms with E-state index in [1.165, 1.54) is 30.6 Å². The van der Waals surface area contributed by atoms with E-state index in [1.54, 1.807) is 11.1 Å². The largest absolute Gasteiger partial charge is 0.306 e. The Morgan fingerprint density at radius 1 is 1.47 bits per heavy atom. The standard InChI is InChI=1S/C15H23NS/c1-4-13(10-17-3)16-15-8-7-12-6-5-11(2)9-14(12)15/h5-6,9,13,15-16H,4,7-8,10H2,1-3H3. The van der Waals surface area contributed by atoms with Crippen molar-refractivity contribution in [2.45, 2.75) is 45.2 Å². The molecule has 2 heteroatoms. The maximum Gasteiger partial charge on any atom is 0.0328 e. The third kappa shape index (κ3) is 3.05. The van der Waals surface area contributed by atoms with Crippen molar-refractivity contribution in [1.29, 1.82) is 0 Å². The Bertz CT molecular complexity index is 375. The number of rotatable bonds is 5. The zero-order valence-corrected chi connectivity index (χ0v) is 11.9. The third-order valence-corrected chi connectivity index (χ3v) is 4.41. The lowest BCUT2D eigenvalue weighted by molar-refractivity contribution is 0.449. The quantitative estimate of drug-likeness (QED) is 0.853. The highest BCUT2D eigenvalue weighted by molar-refractivity contribution is 7.98. The summed E-state index contributed by atoms with van der Waals surface area (Å²) in [6, 6.07) is 8.15. The van der Waals surface area contributed by atoms with Crippen LogP contribution in [-0.4, -0.2) is 18.1 Å². The second-order valence-electron chi connectivity index (χ2n) is 5.02. The summed E-state index contributed by atoms with van der Waals surface area (Å²) in [5.74, 6) is 1.22. The van der Waals surface area contributed by atoms with Gasteiger partial charge in [-0.1, -0.05) is 30.7 Å². The zero-order valence-electron chi connectivity index (χ0n) is 11.1. The van der Waals surface area contributed by atoms with Crippen LogP contribution in [-0.2, 0) is 6.42 Å². The minimum absolute atomic E-state index is 0.585. The van der Waals surface area contributed by atoms with Gasteiger partial charge in [-0.3, -0.25) is 0 Å². The molecule has 1 aromatic carbocycles. The van der Waals surface area contributed by atoms with Crippen LogP contribution in [0.25, 0.3) is 0 Å². The summed E-state index contributed by atoms with van der Waals surface area (Å²) in [6.45, 7) is 4.47. The molecule has 0 aliphatic heterocycles. The molecular weight excluding hydrogens is 226 g/mol. The fourth-order valence-corrected chi connectivity index (χ4v) is 3.40. The highest BCUT2D eigenvalue weighted by Gasteiger charge is 2.23. The normalized spacial score (nSPS) is 20.3. The van der Waals surface area contributed by atoms with Crippen LogP contribution < -0.4 is 5.32 Å². The number of hydrogen-bond acceptors (Lipinski definition) is 2. The molecule has 0 spiro atoms. The van der Waals surface area contributed by atoms with Gasteiger partial charge in [0, 0.05) is 17.8 Å². The zero-order chi connectivity index (χ0) is 12.3. The number of aryl methyl sites for hydroxylation is 2. The first-order valence-electron chi connectivity index (χ1n) is 6.59. The lowest BCUT2D eigenvalue weighted by Gasteiger charge is -2.22. The van der Waals surface area contributed by atoms with E-state index < -0.39 is 0 Å². The molecule has 1 nitrogen and oxygen atoms in total. The molecule has 2 rings (SSSR count). The van der Waals surface area contributed by atoms with Crippen LogP contribution >= 0.6 is 11.8 Å². The minimum Gasteiger partial charge on any atom is -0.306 e. The van der Waals surface area contributed by atoms with Gasteiger partial charge < -0.3 is 5.32 Å². The SMILES string of the molecule is CCC(CSC)NC1CCc2ccc(C)cc21. The highest BCUT2D eigenvalue weighted by Crippen LogP contribution is 2.32. The highest BCUT2D eigenvalue weighted by atomic mass is 32.2. The van der Waals surface area contributed by atoms with Crippen LogP contribution in [0.15, 0.2) is 18.2 Å². The summed E-state index contributed by atoms with van der Waals surface area (Å²) in [6.07, 6.45) is 5.92. The molecule has 0 amide bonds. The molecule has 0 radical (unpaired) electrons. The predicted molar refractivity (Wildman–Crippen MR) is 77.8 cm³/mol. The van der Waals surface area contributed by atoms with E-state index in [9.17, 15) is 0 Å². The first-order chi connectivity index (χ1) is 8.24. The van der Waals surface area contributed by atoms with Crippen LogP contribution in [0, 0.1) is 6.92 Å². The summed E-state index contributed by atoms with van der Waals surface area (Å²) in [4.78, 5) is 0. The minimum atomic E-state index is 0.585. The molecule has 2 unspecified atom stereocenters. The van der Waals surface area contributed by atoms with E-state index in [4.69, 9.17) is 0 Å². The van der Waals surface area contributed by atoms with Crippen LogP contribution in [0.3, 0.4) is 0 Å². The Kier molecular flexibility index (Phi) is 4.52. The van der Waals surface area contributed by atoms with Crippen molar-refractivity contribution in [3.05, 3.63) is 34.9 Å². The van der Waals surface area contributed by atoms with Crippen molar-refractivity contribution in [1.82, 2.24) is 5.32 Å². The van der Waals surface area contributed by atoms with Crippen molar-refractivity contribution in [3.63, 3.8) is 0 Å². The molecule has 2 atom stereocenters. The van der Waals surface area contributed by atoms with Gasteiger partial charge in [-0.2, -0.15) is 11.8 Å².